The van der Waals surface area contributed by atoms with Gasteiger partial charge in [0.2, 0.25) is 11.7 Å². The Morgan fingerprint density at radius 1 is 0.963 bits per heavy atom. The van der Waals surface area contributed by atoms with Gasteiger partial charge in [-0.15, -0.1) is 13.2 Å². The van der Waals surface area contributed by atoms with Gasteiger partial charge in [-0.05, 0) is 42.0 Å². The first-order valence-corrected chi connectivity index (χ1v) is 7.70. The third-order valence-electron chi connectivity index (χ3n) is 3.46. The van der Waals surface area contributed by atoms with Crippen LogP contribution in [0, 0.1) is 0 Å². The Morgan fingerprint density at radius 3 is 1.96 bits per heavy atom. The van der Waals surface area contributed by atoms with Crippen LogP contribution in [-0.2, 0) is 11.2 Å². The van der Waals surface area contributed by atoms with Crippen LogP contribution < -0.4 is 24.3 Å². The Labute approximate surface area is 153 Å². The fourth-order valence-electron chi connectivity index (χ4n) is 2.37. The summed E-state index contributed by atoms with van der Waals surface area (Å²) < 4.78 is 55.9. The quantitative estimate of drug-likeness (QED) is 0.786. The molecule has 0 unspecified atom stereocenters. The van der Waals surface area contributed by atoms with Crippen molar-refractivity contribution in [1.29, 1.82) is 0 Å². The molecule has 0 aliphatic heterocycles. The number of carbonyl (C=O) groups excluding carboxylic acids is 1. The third-order valence-corrected chi connectivity index (χ3v) is 3.46. The second-order valence-corrected chi connectivity index (χ2v) is 5.33. The van der Waals surface area contributed by atoms with Crippen LogP contribution in [0.4, 0.5) is 18.9 Å². The predicted octanol–water partition coefficient (Wildman–Crippen LogP) is 3.79. The molecule has 0 radical (unpaired) electrons. The molecule has 0 aliphatic carbocycles. The van der Waals surface area contributed by atoms with Gasteiger partial charge in [0.25, 0.3) is 0 Å². The van der Waals surface area contributed by atoms with Gasteiger partial charge < -0.3 is 24.3 Å². The topological polar surface area (TPSA) is 66.0 Å². The molecule has 0 atom stereocenters. The maximum atomic E-state index is 12.2. The van der Waals surface area contributed by atoms with E-state index in [-0.39, 0.29) is 18.1 Å². The van der Waals surface area contributed by atoms with E-state index in [9.17, 15) is 18.0 Å². The number of nitrogens with one attached hydrogen (secondary N) is 1. The van der Waals surface area contributed by atoms with Crippen molar-refractivity contribution in [1.82, 2.24) is 0 Å². The van der Waals surface area contributed by atoms with E-state index in [1.165, 1.54) is 33.5 Å². The molecule has 1 amide bonds. The molecular formula is C18H18F3NO5. The zero-order valence-electron chi connectivity index (χ0n) is 14.8. The molecule has 2 aromatic rings. The first kappa shape index (κ1) is 20.2. The van der Waals surface area contributed by atoms with Gasteiger partial charge in [0.15, 0.2) is 11.5 Å². The Bertz CT molecular complexity index is 766. The molecule has 6 nitrogen and oxygen atoms in total. The fraction of sp³-hybridized carbons (Fsp3) is 0.278. The van der Waals surface area contributed by atoms with Gasteiger partial charge in [-0.1, -0.05) is 0 Å². The smallest absolute Gasteiger partial charge is 0.493 e. The van der Waals surface area contributed by atoms with Gasteiger partial charge >= 0.3 is 6.36 Å². The van der Waals surface area contributed by atoms with Crippen LogP contribution >= 0.6 is 0 Å². The Hall–Kier alpha value is -3.10. The summed E-state index contributed by atoms with van der Waals surface area (Å²) in [6, 6.07) is 8.13. The molecule has 0 aliphatic rings. The number of amides is 1. The monoisotopic (exact) mass is 385 g/mol. The number of ether oxygens (including phenoxy) is 4. The van der Waals surface area contributed by atoms with Crippen molar-refractivity contribution in [3.05, 3.63) is 42.0 Å². The number of methoxy groups -OCH3 is 3. The van der Waals surface area contributed by atoms with E-state index in [1.807, 2.05) is 0 Å². The highest BCUT2D eigenvalue weighted by atomic mass is 19.4. The summed E-state index contributed by atoms with van der Waals surface area (Å²) in [6.07, 6.45) is -4.77. The van der Waals surface area contributed by atoms with Crippen LogP contribution in [0.2, 0.25) is 0 Å². The second kappa shape index (κ2) is 8.52. The SMILES string of the molecule is COc1cc(CC(=O)Nc2ccc(OC(F)(F)F)cc2)cc(OC)c1OC. The zero-order chi connectivity index (χ0) is 20.0. The van der Waals surface area contributed by atoms with Crippen LogP contribution in [0.1, 0.15) is 5.56 Å². The normalized spacial score (nSPS) is 10.9. The molecule has 0 saturated heterocycles. The molecule has 1 N–H and O–H groups in total. The molecular weight excluding hydrogens is 367 g/mol. The summed E-state index contributed by atoms with van der Waals surface area (Å²) >= 11 is 0. The number of alkyl halides is 3. The van der Waals surface area contributed by atoms with Crippen LogP contribution in [0.5, 0.6) is 23.0 Å². The van der Waals surface area contributed by atoms with E-state index in [2.05, 4.69) is 10.1 Å². The van der Waals surface area contributed by atoms with Gasteiger partial charge in [-0.3, -0.25) is 4.79 Å². The number of benzene rings is 2. The van der Waals surface area contributed by atoms with Crippen molar-refractivity contribution >= 4 is 11.6 Å². The van der Waals surface area contributed by atoms with Gasteiger partial charge in [0.05, 0.1) is 27.8 Å². The summed E-state index contributed by atoms with van der Waals surface area (Å²) in [6.45, 7) is 0. The first-order chi connectivity index (χ1) is 12.8. The first-order valence-electron chi connectivity index (χ1n) is 7.70. The third kappa shape index (κ3) is 5.70. The number of hydrogen-bond acceptors (Lipinski definition) is 5. The fourth-order valence-corrected chi connectivity index (χ4v) is 2.37. The minimum absolute atomic E-state index is 0.00246. The van der Waals surface area contributed by atoms with E-state index in [0.29, 0.717) is 28.5 Å². The lowest BCUT2D eigenvalue weighted by atomic mass is 10.1. The number of halogens is 3. The predicted molar refractivity (Wildman–Crippen MR) is 91.6 cm³/mol. The van der Waals surface area contributed by atoms with Crippen molar-refractivity contribution in [2.24, 2.45) is 0 Å². The van der Waals surface area contributed by atoms with Crippen molar-refractivity contribution in [3.63, 3.8) is 0 Å². The Morgan fingerprint density at radius 2 is 1.52 bits per heavy atom. The number of anilines is 1. The van der Waals surface area contributed by atoms with Crippen molar-refractivity contribution in [2.45, 2.75) is 12.8 Å². The zero-order valence-corrected chi connectivity index (χ0v) is 14.8. The lowest BCUT2D eigenvalue weighted by molar-refractivity contribution is -0.274. The minimum Gasteiger partial charge on any atom is -0.493 e. The van der Waals surface area contributed by atoms with Crippen molar-refractivity contribution in [2.75, 3.05) is 26.6 Å². The second-order valence-electron chi connectivity index (χ2n) is 5.33. The van der Waals surface area contributed by atoms with Gasteiger partial charge in [-0.25, -0.2) is 0 Å². The Kier molecular flexibility index (Phi) is 6.38. The summed E-state index contributed by atoms with van der Waals surface area (Å²) in [7, 11) is 4.40. The summed E-state index contributed by atoms with van der Waals surface area (Å²) in [5.41, 5.74) is 0.945. The lowest BCUT2D eigenvalue weighted by Gasteiger charge is -2.14. The largest absolute Gasteiger partial charge is 0.573 e. The number of carbonyl (C=O) groups is 1. The molecule has 27 heavy (non-hydrogen) atoms. The van der Waals surface area contributed by atoms with E-state index >= 15 is 0 Å². The average Bonchev–Trinajstić information content (AvgIpc) is 2.61. The molecule has 0 bridgehead atoms. The molecule has 0 spiro atoms. The molecule has 0 fully saturated rings. The van der Waals surface area contributed by atoms with Gasteiger partial charge in [-0.2, -0.15) is 0 Å². The number of rotatable bonds is 7. The summed E-state index contributed by atoms with van der Waals surface area (Å²) in [5.74, 6) is 0.491. The minimum atomic E-state index is -4.77. The lowest BCUT2D eigenvalue weighted by Crippen LogP contribution is -2.17. The average molecular weight is 385 g/mol. The van der Waals surface area contributed by atoms with Crippen molar-refractivity contribution < 1.29 is 36.9 Å². The summed E-state index contributed by atoms with van der Waals surface area (Å²) in [5, 5.41) is 2.60. The highest BCUT2D eigenvalue weighted by molar-refractivity contribution is 5.92. The van der Waals surface area contributed by atoms with Crippen molar-refractivity contribution in [3.8, 4) is 23.0 Å². The molecule has 2 aromatic carbocycles. The van der Waals surface area contributed by atoms with Crippen LogP contribution in [0.3, 0.4) is 0 Å². The Balaban J connectivity index is 2.07. The molecule has 0 aromatic heterocycles. The van der Waals surface area contributed by atoms with Gasteiger partial charge in [0, 0.05) is 5.69 Å². The van der Waals surface area contributed by atoms with Crippen LogP contribution in [0.15, 0.2) is 36.4 Å². The van der Waals surface area contributed by atoms with Crippen LogP contribution in [-0.4, -0.2) is 33.6 Å². The maximum Gasteiger partial charge on any atom is 0.573 e. The highest BCUT2D eigenvalue weighted by Crippen LogP contribution is 2.38. The summed E-state index contributed by atoms with van der Waals surface area (Å²) in [4.78, 5) is 12.2. The molecule has 0 saturated carbocycles. The van der Waals surface area contributed by atoms with E-state index in [1.54, 1.807) is 12.1 Å². The molecule has 146 valence electrons. The van der Waals surface area contributed by atoms with E-state index in [4.69, 9.17) is 14.2 Å². The molecule has 0 heterocycles. The van der Waals surface area contributed by atoms with Crippen LogP contribution in [0.25, 0.3) is 0 Å². The highest BCUT2D eigenvalue weighted by Gasteiger charge is 2.30. The van der Waals surface area contributed by atoms with E-state index < -0.39 is 6.36 Å². The van der Waals surface area contributed by atoms with E-state index in [0.717, 1.165) is 12.1 Å². The molecule has 2 rings (SSSR count). The molecule has 9 heteroatoms. The maximum absolute atomic E-state index is 12.2. The van der Waals surface area contributed by atoms with Gasteiger partial charge in [0.1, 0.15) is 5.75 Å². The number of hydrogen-bond donors (Lipinski definition) is 1. The standard InChI is InChI=1S/C18H18F3NO5/c1-24-14-8-11(9-15(25-2)17(14)26-3)10-16(23)22-12-4-6-13(7-5-12)27-18(19,20)21/h4-9H,10H2,1-3H3,(H,22,23).